The first kappa shape index (κ1) is 20.6. The number of aryl methyl sites for hydroxylation is 2. The van der Waals surface area contributed by atoms with Gasteiger partial charge < -0.3 is 19.4 Å². The molecular formula is C23H23N5O3S. The Balaban J connectivity index is 1.33. The van der Waals surface area contributed by atoms with Crippen molar-refractivity contribution in [1.82, 2.24) is 20.1 Å². The average molecular weight is 450 g/mol. The molecule has 0 unspecified atom stereocenters. The van der Waals surface area contributed by atoms with E-state index in [4.69, 9.17) is 9.15 Å². The number of rotatable bonds is 5. The van der Waals surface area contributed by atoms with Gasteiger partial charge in [-0.05, 0) is 31.5 Å². The monoisotopic (exact) mass is 449 g/mol. The summed E-state index contributed by atoms with van der Waals surface area (Å²) in [6, 6.07) is 13.4. The van der Waals surface area contributed by atoms with Gasteiger partial charge in [0.05, 0.1) is 18.8 Å². The molecule has 1 saturated heterocycles. The van der Waals surface area contributed by atoms with Crippen molar-refractivity contribution in [3.8, 4) is 0 Å². The molecule has 1 atom stereocenters. The van der Waals surface area contributed by atoms with Gasteiger partial charge in [-0.25, -0.2) is 4.98 Å². The summed E-state index contributed by atoms with van der Waals surface area (Å²) in [6.07, 6.45) is 0.525. The number of benzene rings is 1. The van der Waals surface area contributed by atoms with Crippen LogP contribution in [0.2, 0.25) is 0 Å². The normalized spacial score (nSPS) is 16.4. The molecule has 0 bridgehead atoms. The fourth-order valence-electron chi connectivity index (χ4n) is 3.79. The van der Waals surface area contributed by atoms with Crippen molar-refractivity contribution >= 4 is 39.2 Å². The Morgan fingerprint density at radius 3 is 2.91 bits per heavy atom. The molecule has 164 valence electrons. The van der Waals surface area contributed by atoms with Crippen molar-refractivity contribution in [3.05, 3.63) is 64.5 Å². The van der Waals surface area contributed by atoms with Gasteiger partial charge in [-0.2, -0.15) is 0 Å². The second-order valence-corrected chi connectivity index (χ2v) is 8.65. The van der Waals surface area contributed by atoms with Gasteiger partial charge in [-0.15, -0.1) is 10.2 Å². The van der Waals surface area contributed by atoms with Crippen molar-refractivity contribution in [3.63, 3.8) is 0 Å². The lowest BCUT2D eigenvalue weighted by Crippen LogP contribution is -2.42. The van der Waals surface area contributed by atoms with Gasteiger partial charge in [0.25, 0.3) is 5.91 Å². The van der Waals surface area contributed by atoms with Crippen molar-refractivity contribution in [2.24, 2.45) is 0 Å². The molecule has 0 radical (unpaired) electrons. The lowest BCUT2D eigenvalue weighted by Gasteiger charge is -2.32. The third-order valence-corrected chi connectivity index (χ3v) is 6.48. The summed E-state index contributed by atoms with van der Waals surface area (Å²) in [6.45, 7) is 5.32. The summed E-state index contributed by atoms with van der Waals surface area (Å²) in [5.74, 6) is 0.932. The van der Waals surface area contributed by atoms with Crippen LogP contribution in [0.3, 0.4) is 0 Å². The van der Waals surface area contributed by atoms with Crippen LogP contribution in [0.5, 0.6) is 0 Å². The van der Waals surface area contributed by atoms with E-state index in [9.17, 15) is 4.79 Å². The maximum Gasteiger partial charge on any atom is 0.290 e. The Morgan fingerprint density at radius 2 is 2.09 bits per heavy atom. The zero-order chi connectivity index (χ0) is 22.1. The van der Waals surface area contributed by atoms with Crippen LogP contribution in [0.15, 0.2) is 46.9 Å². The van der Waals surface area contributed by atoms with Crippen molar-refractivity contribution in [2.45, 2.75) is 26.4 Å². The Hall–Kier alpha value is -3.30. The molecule has 1 aliphatic rings. The number of aromatic nitrogens is 3. The fourth-order valence-corrected chi connectivity index (χ4v) is 4.48. The smallest absolute Gasteiger partial charge is 0.290 e. The van der Waals surface area contributed by atoms with Crippen LogP contribution < -0.4 is 5.32 Å². The Morgan fingerprint density at radius 1 is 1.22 bits per heavy atom. The molecule has 0 aliphatic carbocycles. The lowest BCUT2D eigenvalue weighted by atomic mass is 10.1. The first-order valence-corrected chi connectivity index (χ1v) is 11.4. The minimum atomic E-state index is -0.320. The number of amides is 1. The zero-order valence-corrected chi connectivity index (χ0v) is 18.7. The summed E-state index contributed by atoms with van der Waals surface area (Å²) in [5, 5.41) is 14.1. The molecule has 32 heavy (non-hydrogen) atoms. The van der Waals surface area contributed by atoms with Gasteiger partial charge >= 0.3 is 0 Å². The Bertz CT molecular complexity index is 1270. The van der Waals surface area contributed by atoms with E-state index < -0.39 is 0 Å². The molecule has 8 nitrogen and oxygen atoms in total. The first-order valence-electron chi connectivity index (χ1n) is 10.6. The minimum absolute atomic E-state index is 0.123. The number of furan rings is 1. The van der Waals surface area contributed by atoms with Crippen LogP contribution in [0.1, 0.15) is 39.8 Å². The highest BCUT2D eigenvalue weighted by Crippen LogP contribution is 2.29. The summed E-state index contributed by atoms with van der Waals surface area (Å²) in [5.41, 5.74) is 2.34. The maximum absolute atomic E-state index is 13.2. The predicted octanol–water partition coefficient (Wildman–Crippen LogP) is 4.51. The standard InChI is InChI=1S/C23H23N5O3S/c1-3-20-26-27-23(32-20)25-19-10-6-8-16(24-19)18-13-28(11-12-30-18)22(29)21-14(2)15-7-4-5-9-17(15)31-21/h4-10,18H,3,11-13H2,1-2H3,(H,24,25,27)/t18-/m0/s1. The molecule has 4 heterocycles. The molecule has 1 N–H and O–H groups in total. The number of carbonyl (C=O) groups is 1. The van der Waals surface area contributed by atoms with E-state index >= 15 is 0 Å². The maximum atomic E-state index is 13.2. The van der Waals surface area contributed by atoms with Gasteiger partial charge in [-0.3, -0.25) is 4.79 Å². The Kier molecular flexibility index (Phi) is 5.59. The van der Waals surface area contributed by atoms with E-state index in [-0.39, 0.29) is 12.0 Å². The molecule has 0 saturated carbocycles. The van der Waals surface area contributed by atoms with Gasteiger partial charge in [-0.1, -0.05) is 42.5 Å². The average Bonchev–Trinajstić information content (AvgIpc) is 3.43. The van der Waals surface area contributed by atoms with E-state index in [1.165, 1.54) is 11.3 Å². The van der Waals surface area contributed by atoms with Crippen molar-refractivity contribution in [2.75, 3.05) is 25.0 Å². The summed E-state index contributed by atoms with van der Waals surface area (Å²) < 4.78 is 11.8. The third kappa shape index (κ3) is 3.96. The quantitative estimate of drug-likeness (QED) is 0.479. The zero-order valence-electron chi connectivity index (χ0n) is 17.9. The summed E-state index contributed by atoms with van der Waals surface area (Å²) in [7, 11) is 0. The number of pyridine rings is 1. The van der Waals surface area contributed by atoms with E-state index in [1.807, 2.05) is 56.3 Å². The summed E-state index contributed by atoms with van der Waals surface area (Å²) >= 11 is 1.51. The number of fused-ring (bicyclic) bond motifs is 1. The fraction of sp³-hybridized carbons (Fsp3) is 0.304. The van der Waals surface area contributed by atoms with Crippen LogP contribution in [0, 0.1) is 6.92 Å². The van der Waals surface area contributed by atoms with Crippen molar-refractivity contribution < 1.29 is 13.9 Å². The number of carbonyl (C=O) groups excluding carboxylic acids is 1. The molecule has 1 amide bonds. The van der Waals surface area contributed by atoms with Gasteiger partial charge in [0.15, 0.2) is 5.76 Å². The van der Waals surface area contributed by atoms with Gasteiger partial charge in [0.2, 0.25) is 5.13 Å². The molecule has 0 spiro atoms. The number of hydrogen-bond acceptors (Lipinski definition) is 8. The first-order chi connectivity index (χ1) is 15.6. The molecule has 1 fully saturated rings. The van der Waals surface area contributed by atoms with E-state index in [2.05, 4.69) is 20.5 Å². The number of nitrogens with zero attached hydrogens (tertiary/aromatic N) is 4. The number of hydrogen-bond donors (Lipinski definition) is 1. The number of morpholine rings is 1. The SMILES string of the molecule is CCc1nnc(Nc2cccc([C@@H]3CN(C(=O)c4oc5ccccc5c4C)CCO3)n2)s1. The topological polar surface area (TPSA) is 93.4 Å². The predicted molar refractivity (Wildman–Crippen MR) is 122 cm³/mol. The lowest BCUT2D eigenvalue weighted by molar-refractivity contribution is -0.0255. The Labute approximate surface area is 189 Å². The highest BCUT2D eigenvalue weighted by Gasteiger charge is 2.30. The highest BCUT2D eigenvalue weighted by atomic mass is 32.1. The van der Waals surface area contributed by atoms with E-state index in [1.54, 1.807) is 4.90 Å². The largest absolute Gasteiger partial charge is 0.451 e. The molecule has 3 aromatic heterocycles. The molecule has 1 aromatic carbocycles. The second kappa shape index (κ2) is 8.68. The van der Waals surface area contributed by atoms with Gasteiger partial charge in [0, 0.05) is 17.5 Å². The van der Waals surface area contributed by atoms with Crippen LogP contribution in [-0.4, -0.2) is 45.7 Å². The minimum Gasteiger partial charge on any atom is -0.451 e. The molecule has 5 rings (SSSR count). The number of anilines is 2. The molecule has 1 aliphatic heterocycles. The third-order valence-electron chi connectivity index (χ3n) is 5.50. The second-order valence-electron chi connectivity index (χ2n) is 7.59. The van der Waals surface area contributed by atoms with Gasteiger partial charge in [0.1, 0.15) is 22.5 Å². The van der Waals surface area contributed by atoms with E-state index in [0.717, 1.165) is 33.7 Å². The summed E-state index contributed by atoms with van der Waals surface area (Å²) in [4.78, 5) is 19.7. The highest BCUT2D eigenvalue weighted by molar-refractivity contribution is 7.15. The van der Waals surface area contributed by atoms with E-state index in [0.29, 0.717) is 36.4 Å². The van der Waals surface area contributed by atoms with Crippen LogP contribution in [-0.2, 0) is 11.2 Å². The molecular weight excluding hydrogens is 426 g/mol. The molecule has 9 heteroatoms. The number of nitrogens with one attached hydrogen (secondary N) is 1. The van der Waals surface area contributed by atoms with Crippen LogP contribution in [0.25, 0.3) is 11.0 Å². The number of ether oxygens (including phenoxy) is 1. The van der Waals surface area contributed by atoms with Crippen LogP contribution in [0.4, 0.5) is 10.9 Å². The molecule has 4 aromatic rings. The number of para-hydroxylation sites is 1. The van der Waals surface area contributed by atoms with Crippen LogP contribution >= 0.6 is 11.3 Å². The van der Waals surface area contributed by atoms with Crippen molar-refractivity contribution in [1.29, 1.82) is 0 Å².